The Morgan fingerprint density at radius 3 is 2.72 bits per heavy atom. The van der Waals surface area contributed by atoms with Crippen molar-refractivity contribution >= 4 is 29.5 Å². The zero-order valence-corrected chi connectivity index (χ0v) is 20.7. The summed E-state index contributed by atoms with van der Waals surface area (Å²) in [5, 5.41) is 9.45. The highest BCUT2D eigenvalue weighted by Crippen LogP contribution is 2.71. The molecule has 0 aromatic rings. The number of rotatable bonds is 11. The van der Waals surface area contributed by atoms with E-state index in [1.165, 1.54) is 0 Å². The molecule has 1 spiro atoms. The fraction of sp³-hybridized carbons (Fsp3) is 0.792. The first-order valence-corrected chi connectivity index (χ1v) is 12.7. The molecule has 3 rings (SSSR count). The first kappa shape index (κ1) is 25.1. The monoisotopic (exact) mass is 466 g/mol. The van der Waals surface area contributed by atoms with E-state index in [1.807, 2.05) is 18.7 Å². The molecule has 0 radical (unpaired) electrons. The minimum Gasteiger partial charge on any atom is -0.466 e. The van der Waals surface area contributed by atoms with Crippen LogP contribution in [0.25, 0.3) is 0 Å². The van der Waals surface area contributed by atoms with Gasteiger partial charge in [0.15, 0.2) is 0 Å². The van der Waals surface area contributed by atoms with Crippen molar-refractivity contribution < 1.29 is 24.2 Å². The van der Waals surface area contributed by atoms with Crippen LogP contribution < -0.4 is 0 Å². The molecule has 0 aromatic carbocycles. The molecule has 8 heteroatoms. The summed E-state index contributed by atoms with van der Waals surface area (Å²) in [7, 11) is 0. The van der Waals surface area contributed by atoms with Gasteiger partial charge in [0, 0.05) is 30.5 Å². The number of amides is 2. The van der Waals surface area contributed by atoms with Crippen LogP contribution in [-0.2, 0) is 19.1 Å². The molecule has 7 nitrogen and oxygen atoms in total. The lowest BCUT2D eigenvalue weighted by Crippen LogP contribution is -2.56. The molecule has 0 aromatic heterocycles. The second kappa shape index (κ2) is 9.75. The highest BCUT2D eigenvalue weighted by atomic mass is 32.2. The van der Waals surface area contributed by atoms with Gasteiger partial charge in [-0.1, -0.05) is 19.4 Å². The Morgan fingerprint density at radius 1 is 1.41 bits per heavy atom. The number of nitrogens with zero attached hydrogens (tertiary/aromatic N) is 2. The first-order valence-electron chi connectivity index (χ1n) is 11.9. The van der Waals surface area contributed by atoms with Gasteiger partial charge in [0.2, 0.25) is 11.8 Å². The van der Waals surface area contributed by atoms with Gasteiger partial charge in [-0.3, -0.25) is 14.4 Å². The molecule has 32 heavy (non-hydrogen) atoms. The summed E-state index contributed by atoms with van der Waals surface area (Å²) in [6.45, 7) is 12.7. The Balaban J connectivity index is 2.05. The van der Waals surface area contributed by atoms with Gasteiger partial charge in [0.05, 0.1) is 23.2 Å². The van der Waals surface area contributed by atoms with E-state index in [0.29, 0.717) is 19.5 Å². The van der Waals surface area contributed by atoms with Crippen LogP contribution in [0.4, 0.5) is 0 Å². The molecule has 0 aliphatic carbocycles. The van der Waals surface area contributed by atoms with Crippen molar-refractivity contribution in [2.45, 2.75) is 81.4 Å². The van der Waals surface area contributed by atoms with Crippen LogP contribution in [0, 0.1) is 11.8 Å². The quantitative estimate of drug-likeness (QED) is 0.372. The van der Waals surface area contributed by atoms with Gasteiger partial charge < -0.3 is 19.6 Å². The number of ether oxygens (including phenoxy) is 1. The van der Waals surface area contributed by atoms with E-state index >= 15 is 0 Å². The second-order valence-corrected chi connectivity index (χ2v) is 11.4. The van der Waals surface area contributed by atoms with Crippen molar-refractivity contribution in [3.63, 3.8) is 0 Å². The Labute approximate surface area is 195 Å². The summed E-state index contributed by atoms with van der Waals surface area (Å²) in [6.07, 6.45) is 5.44. The summed E-state index contributed by atoms with van der Waals surface area (Å²) >= 11 is 1.65. The molecule has 2 amide bonds. The third kappa shape index (κ3) is 3.87. The topological polar surface area (TPSA) is 87.2 Å². The minimum absolute atomic E-state index is 0.0239. The molecule has 0 saturated carbocycles. The average molecular weight is 467 g/mol. The highest BCUT2D eigenvalue weighted by Gasteiger charge is 2.77. The molecule has 3 aliphatic heterocycles. The zero-order chi connectivity index (χ0) is 23.7. The molecule has 180 valence electrons. The van der Waals surface area contributed by atoms with Crippen LogP contribution in [0.15, 0.2) is 12.7 Å². The molecule has 3 aliphatic rings. The largest absolute Gasteiger partial charge is 0.466 e. The molecule has 6 atom stereocenters. The first-order chi connectivity index (χ1) is 15.2. The summed E-state index contributed by atoms with van der Waals surface area (Å²) in [5.41, 5.74) is 0. The lowest BCUT2D eigenvalue weighted by molar-refractivity contribution is -0.155. The maximum Gasteiger partial charge on any atom is 0.311 e. The predicted molar refractivity (Wildman–Crippen MR) is 125 cm³/mol. The fourth-order valence-electron chi connectivity index (χ4n) is 6.13. The van der Waals surface area contributed by atoms with Gasteiger partial charge in [-0.15, -0.1) is 18.3 Å². The number of fused-ring (bicyclic) bond motifs is 1. The summed E-state index contributed by atoms with van der Waals surface area (Å²) in [6, 6.07) is -0.618. The third-order valence-corrected chi connectivity index (χ3v) is 9.44. The Bertz CT molecular complexity index is 761. The summed E-state index contributed by atoms with van der Waals surface area (Å²) in [5.74, 6) is -1.66. The Morgan fingerprint density at radius 2 is 2.12 bits per heavy atom. The molecule has 2 bridgehead atoms. The Kier molecular flexibility index (Phi) is 7.65. The van der Waals surface area contributed by atoms with E-state index in [0.717, 1.165) is 25.7 Å². The standard InChI is InChI=1S/C24H38N2O5S/c1-6-10-16(4)25(13-7-2)21(29)19-24-12-11-23(5,32-24)18(22(30)31-8-3)17(24)20(28)26(19)14-9-15-27/h7,16-19,27H,2,6,8-15H2,1,3-5H3/t16?,17-,18+,19?,23-,24?/m0/s1. The van der Waals surface area contributed by atoms with Gasteiger partial charge >= 0.3 is 5.97 Å². The third-order valence-electron chi connectivity index (χ3n) is 7.46. The van der Waals surface area contributed by atoms with Crippen molar-refractivity contribution in [3.8, 4) is 0 Å². The zero-order valence-electron chi connectivity index (χ0n) is 19.8. The van der Waals surface area contributed by atoms with E-state index in [9.17, 15) is 19.5 Å². The van der Waals surface area contributed by atoms with E-state index in [2.05, 4.69) is 13.5 Å². The summed E-state index contributed by atoms with van der Waals surface area (Å²) in [4.78, 5) is 44.3. The van der Waals surface area contributed by atoms with E-state index in [-0.39, 0.29) is 37.0 Å². The van der Waals surface area contributed by atoms with Crippen LogP contribution in [-0.4, -0.2) is 80.6 Å². The average Bonchev–Trinajstić information content (AvgIpc) is 3.31. The normalized spacial score (nSPS) is 33.8. The predicted octanol–water partition coefficient (Wildman–Crippen LogP) is 2.62. The van der Waals surface area contributed by atoms with Gasteiger partial charge in [-0.05, 0) is 46.5 Å². The van der Waals surface area contributed by atoms with E-state index in [4.69, 9.17) is 4.74 Å². The van der Waals surface area contributed by atoms with Crippen molar-refractivity contribution in [2.75, 3.05) is 26.3 Å². The fourth-order valence-corrected chi connectivity index (χ4v) is 8.47. The maximum absolute atomic E-state index is 14.1. The number of aliphatic hydroxyl groups excluding tert-OH is 1. The van der Waals surface area contributed by atoms with Crippen molar-refractivity contribution in [3.05, 3.63) is 12.7 Å². The van der Waals surface area contributed by atoms with Crippen LogP contribution >= 0.6 is 11.8 Å². The molecule has 3 saturated heterocycles. The van der Waals surface area contributed by atoms with Crippen LogP contribution in [0.1, 0.15) is 59.8 Å². The Hall–Kier alpha value is -1.54. The molecule has 3 unspecified atom stereocenters. The lowest BCUT2D eigenvalue weighted by atomic mass is 9.66. The van der Waals surface area contributed by atoms with Gasteiger partial charge in [-0.25, -0.2) is 0 Å². The number of thioether (sulfide) groups is 1. The number of hydrogen-bond donors (Lipinski definition) is 1. The molecular weight excluding hydrogens is 428 g/mol. The van der Waals surface area contributed by atoms with E-state index < -0.39 is 27.4 Å². The number of carbonyl (C=O) groups is 3. The van der Waals surface area contributed by atoms with Crippen LogP contribution in [0.3, 0.4) is 0 Å². The SMILES string of the molecule is C=CCN(C(=O)C1N(CCCO)C(=O)[C@@H]2[C@H](C(=O)OCC)[C@]3(C)CCC12S3)C(C)CCC. The van der Waals surface area contributed by atoms with E-state index in [1.54, 1.807) is 29.7 Å². The minimum atomic E-state index is -0.642. The molecule has 3 heterocycles. The number of hydrogen-bond acceptors (Lipinski definition) is 6. The molecule has 3 fully saturated rings. The highest BCUT2D eigenvalue weighted by molar-refractivity contribution is 8.02. The van der Waals surface area contributed by atoms with Crippen molar-refractivity contribution in [2.24, 2.45) is 11.8 Å². The van der Waals surface area contributed by atoms with Gasteiger partial charge in [-0.2, -0.15) is 0 Å². The smallest absolute Gasteiger partial charge is 0.311 e. The number of carbonyl (C=O) groups excluding carboxylic acids is 3. The lowest BCUT2D eigenvalue weighted by Gasteiger charge is -2.39. The summed E-state index contributed by atoms with van der Waals surface area (Å²) < 4.78 is 4.35. The second-order valence-electron chi connectivity index (χ2n) is 9.51. The number of aliphatic hydroxyl groups is 1. The van der Waals surface area contributed by atoms with Crippen molar-refractivity contribution in [1.82, 2.24) is 9.80 Å². The van der Waals surface area contributed by atoms with Crippen LogP contribution in [0.2, 0.25) is 0 Å². The van der Waals surface area contributed by atoms with Gasteiger partial charge in [0.1, 0.15) is 6.04 Å². The molecular formula is C24H38N2O5S. The van der Waals surface area contributed by atoms with Crippen molar-refractivity contribution in [1.29, 1.82) is 0 Å². The van der Waals surface area contributed by atoms with Crippen LogP contribution in [0.5, 0.6) is 0 Å². The number of likely N-dealkylation sites (tertiary alicyclic amines) is 1. The van der Waals surface area contributed by atoms with Gasteiger partial charge in [0.25, 0.3) is 0 Å². The maximum atomic E-state index is 14.1. The number of esters is 1. The molecule has 1 N–H and O–H groups in total.